The predicted molar refractivity (Wildman–Crippen MR) is 146 cm³/mol. The van der Waals surface area contributed by atoms with Crippen molar-refractivity contribution in [2.24, 2.45) is 0 Å². The largest absolute Gasteiger partial charge is 0.507 e. The van der Waals surface area contributed by atoms with E-state index in [2.05, 4.69) is 6.58 Å². The lowest BCUT2D eigenvalue weighted by Crippen LogP contribution is -2.29. The number of phenolic OH excluding ortho intramolecular Hbond substituents is 3. The molecule has 0 spiro atoms. The first-order chi connectivity index (χ1) is 17.3. The van der Waals surface area contributed by atoms with Crippen LogP contribution in [0.4, 0.5) is 0 Å². The smallest absolute Gasteiger partial charge is 0.201 e. The summed E-state index contributed by atoms with van der Waals surface area (Å²) in [7, 11) is 0. The Morgan fingerprint density at radius 3 is 2.35 bits per heavy atom. The summed E-state index contributed by atoms with van der Waals surface area (Å²) in [4.78, 5) is 13.8. The van der Waals surface area contributed by atoms with E-state index in [1.807, 2.05) is 33.8 Å². The highest BCUT2D eigenvalue weighted by molar-refractivity contribution is 6.17. The summed E-state index contributed by atoms with van der Waals surface area (Å²) in [5.41, 5.74) is 1.13. The van der Waals surface area contributed by atoms with Crippen molar-refractivity contribution in [1.29, 1.82) is 0 Å². The van der Waals surface area contributed by atoms with Crippen LogP contribution >= 0.6 is 0 Å². The maximum Gasteiger partial charge on any atom is 0.201 e. The van der Waals surface area contributed by atoms with Gasteiger partial charge in [-0.15, -0.1) is 0 Å². The van der Waals surface area contributed by atoms with Gasteiger partial charge in [0.15, 0.2) is 11.5 Å². The van der Waals surface area contributed by atoms with Gasteiger partial charge in [0.05, 0.1) is 16.3 Å². The molecule has 7 nitrogen and oxygen atoms in total. The van der Waals surface area contributed by atoms with Crippen molar-refractivity contribution in [3.63, 3.8) is 0 Å². The standard InChI is InChI=1S/C30H28O7/c1-13(2)7-8-15-19(31)12-20-22(24(15)32)26(34)18-11-17(14(3)4)21-23(28(18)36-20)25(33)16-9-10-30(5,6)37-29(16)27(21)35/h7,9-12,31-32,34-35H,3,8H2,1-2,4-6H3. The number of allylic oxidation sites excluding steroid dienone is 3. The Morgan fingerprint density at radius 1 is 1.00 bits per heavy atom. The van der Waals surface area contributed by atoms with Gasteiger partial charge in [-0.05, 0) is 64.8 Å². The third-order valence-corrected chi connectivity index (χ3v) is 6.69. The minimum Gasteiger partial charge on any atom is -0.507 e. The SMILES string of the molecule is C=C(C)c1cc2c(O)c3c(O)c(CC=C(C)C)c(O)cc3oc2c2c(=O)c3c(c(O)c12)OC(C)(C)C=C3. The average Bonchev–Trinajstić information content (AvgIpc) is 2.80. The Balaban J connectivity index is 1.98. The number of hydrogen-bond donors (Lipinski definition) is 4. The zero-order valence-electron chi connectivity index (χ0n) is 21.3. The molecule has 190 valence electrons. The number of ether oxygens (including phenoxy) is 1. The number of fused-ring (bicyclic) bond motifs is 5. The molecule has 1 aliphatic heterocycles. The molecule has 4 N–H and O–H groups in total. The highest BCUT2D eigenvalue weighted by Crippen LogP contribution is 2.49. The fourth-order valence-corrected chi connectivity index (χ4v) is 4.79. The molecule has 0 bridgehead atoms. The molecular weight excluding hydrogens is 472 g/mol. The van der Waals surface area contributed by atoms with Crippen LogP contribution in [0, 0.1) is 0 Å². The molecule has 1 aromatic heterocycles. The van der Waals surface area contributed by atoms with Crippen LogP contribution in [0.2, 0.25) is 0 Å². The number of phenols is 3. The molecule has 0 radical (unpaired) electrons. The maximum atomic E-state index is 13.8. The van der Waals surface area contributed by atoms with Gasteiger partial charge in [-0.25, -0.2) is 0 Å². The van der Waals surface area contributed by atoms with E-state index < -0.39 is 11.0 Å². The second-order valence-electron chi connectivity index (χ2n) is 10.3. The lowest BCUT2D eigenvalue weighted by atomic mass is 9.91. The van der Waals surface area contributed by atoms with E-state index in [1.54, 1.807) is 25.1 Å². The lowest BCUT2D eigenvalue weighted by Gasteiger charge is -2.28. The molecule has 5 rings (SSSR count). The molecule has 0 aliphatic carbocycles. The third kappa shape index (κ3) is 3.61. The number of aromatic hydroxyl groups is 4. The second-order valence-corrected chi connectivity index (χ2v) is 10.3. The molecule has 3 aromatic carbocycles. The van der Waals surface area contributed by atoms with Gasteiger partial charge in [-0.2, -0.15) is 0 Å². The van der Waals surface area contributed by atoms with Crippen LogP contribution in [0.15, 0.2) is 45.6 Å². The van der Waals surface area contributed by atoms with Gasteiger partial charge >= 0.3 is 0 Å². The quantitative estimate of drug-likeness (QED) is 0.141. The van der Waals surface area contributed by atoms with Gasteiger partial charge < -0.3 is 29.6 Å². The topological polar surface area (TPSA) is 120 Å². The van der Waals surface area contributed by atoms with E-state index in [9.17, 15) is 25.2 Å². The summed E-state index contributed by atoms with van der Waals surface area (Å²) in [6.45, 7) is 13.1. The van der Waals surface area contributed by atoms with Crippen LogP contribution in [0.1, 0.15) is 51.3 Å². The molecule has 0 unspecified atom stereocenters. The van der Waals surface area contributed by atoms with Crippen molar-refractivity contribution in [2.75, 3.05) is 0 Å². The van der Waals surface area contributed by atoms with Crippen molar-refractivity contribution in [1.82, 2.24) is 0 Å². The third-order valence-electron chi connectivity index (χ3n) is 6.69. The summed E-state index contributed by atoms with van der Waals surface area (Å²) in [5.74, 6) is -1.02. The zero-order valence-corrected chi connectivity index (χ0v) is 21.3. The predicted octanol–water partition coefficient (Wildman–Crippen LogP) is 6.65. The minimum absolute atomic E-state index is 0.00202. The van der Waals surface area contributed by atoms with Gasteiger partial charge in [0, 0.05) is 17.0 Å². The van der Waals surface area contributed by atoms with E-state index in [-0.39, 0.29) is 79.0 Å². The molecule has 0 atom stereocenters. The second kappa shape index (κ2) is 8.06. The fraction of sp³-hybridized carbons (Fsp3) is 0.233. The first-order valence-corrected chi connectivity index (χ1v) is 11.9. The Morgan fingerprint density at radius 2 is 1.70 bits per heavy atom. The maximum absolute atomic E-state index is 13.8. The highest BCUT2D eigenvalue weighted by Gasteiger charge is 2.31. The molecular formula is C30H28O7. The molecule has 0 saturated heterocycles. The Kier molecular flexibility index (Phi) is 5.30. The van der Waals surface area contributed by atoms with E-state index >= 15 is 0 Å². The molecule has 0 fully saturated rings. The van der Waals surface area contributed by atoms with Crippen LogP contribution in [0.25, 0.3) is 44.4 Å². The van der Waals surface area contributed by atoms with Gasteiger partial charge in [0.2, 0.25) is 5.43 Å². The van der Waals surface area contributed by atoms with E-state index in [0.29, 0.717) is 11.1 Å². The van der Waals surface area contributed by atoms with Crippen molar-refractivity contribution >= 4 is 44.4 Å². The number of rotatable bonds is 3. The molecule has 1 aliphatic rings. The Bertz CT molecular complexity index is 1800. The van der Waals surface area contributed by atoms with Crippen LogP contribution in [0.3, 0.4) is 0 Å². The monoisotopic (exact) mass is 500 g/mol. The summed E-state index contributed by atoms with van der Waals surface area (Å²) in [6.07, 6.45) is 5.42. The van der Waals surface area contributed by atoms with E-state index in [4.69, 9.17) is 9.15 Å². The van der Waals surface area contributed by atoms with Gasteiger partial charge in [-0.1, -0.05) is 23.8 Å². The van der Waals surface area contributed by atoms with Crippen LogP contribution < -0.4 is 10.2 Å². The summed E-state index contributed by atoms with van der Waals surface area (Å²) < 4.78 is 12.0. The molecule has 4 aromatic rings. The van der Waals surface area contributed by atoms with Gasteiger partial charge in [-0.3, -0.25) is 4.79 Å². The van der Waals surface area contributed by atoms with Crippen LogP contribution in [-0.2, 0) is 6.42 Å². The first-order valence-electron chi connectivity index (χ1n) is 11.9. The van der Waals surface area contributed by atoms with Gasteiger partial charge in [0.1, 0.15) is 39.4 Å². The average molecular weight is 501 g/mol. The molecule has 0 saturated carbocycles. The summed E-state index contributed by atoms with van der Waals surface area (Å²) >= 11 is 0. The summed E-state index contributed by atoms with van der Waals surface area (Å²) in [5, 5.41) is 44.7. The lowest BCUT2D eigenvalue weighted by molar-refractivity contribution is 0.153. The van der Waals surface area contributed by atoms with Crippen molar-refractivity contribution in [2.45, 2.75) is 46.6 Å². The molecule has 0 amide bonds. The van der Waals surface area contributed by atoms with E-state index in [1.165, 1.54) is 6.07 Å². The van der Waals surface area contributed by atoms with Crippen molar-refractivity contribution < 1.29 is 29.6 Å². The normalized spacial score (nSPS) is 14.1. The zero-order chi connectivity index (χ0) is 27.0. The molecule has 7 heteroatoms. The van der Waals surface area contributed by atoms with E-state index in [0.717, 1.165) is 5.57 Å². The number of hydrogen-bond acceptors (Lipinski definition) is 7. The van der Waals surface area contributed by atoms with Crippen LogP contribution in [0.5, 0.6) is 28.7 Å². The summed E-state index contributed by atoms with van der Waals surface area (Å²) in [6, 6.07) is 2.87. The van der Waals surface area contributed by atoms with Crippen LogP contribution in [-0.4, -0.2) is 26.0 Å². The molecule has 37 heavy (non-hydrogen) atoms. The minimum atomic E-state index is -0.734. The van der Waals surface area contributed by atoms with Crippen molar-refractivity contribution in [3.8, 4) is 28.7 Å². The fourth-order valence-electron chi connectivity index (χ4n) is 4.79. The van der Waals surface area contributed by atoms with Gasteiger partial charge in [0.25, 0.3) is 0 Å². The highest BCUT2D eigenvalue weighted by atomic mass is 16.5. The first kappa shape index (κ1) is 24.3. The van der Waals surface area contributed by atoms with Crippen molar-refractivity contribution in [3.05, 3.63) is 63.4 Å². The Labute approximate surface area is 212 Å². The number of benzene rings is 3. The Hall–Kier alpha value is -4.39. The molecule has 2 heterocycles.